The van der Waals surface area contributed by atoms with Crippen molar-refractivity contribution in [3.05, 3.63) is 61.1 Å². The minimum absolute atomic E-state index is 0.0924. The average Bonchev–Trinajstić information content (AvgIpc) is 2.75. The predicted octanol–water partition coefficient (Wildman–Crippen LogP) is 5.18. The van der Waals surface area contributed by atoms with Crippen molar-refractivity contribution in [2.45, 2.75) is 52.4 Å². The number of allylic oxidation sites excluding steroid dienone is 6. The van der Waals surface area contributed by atoms with Gasteiger partial charge in [0.15, 0.2) is 0 Å². The van der Waals surface area contributed by atoms with Crippen LogP contribution >= 0.6 is 0 Å². The molecule has 0 radical (unpaired) electrons. The fourth-order valence-electron chi connectivity index (χ4n) is 1.94. The molecule has 30 heavy (non-hydrogen) atoms. The summed E-state index contributed by atoms with van der Waals surface area (Å²) in [7, 11) is 0. The zero-order chi connectivity index (χ0) is 22.1. The summed E-state index contributed by atoms with van der Waals surface area (Å²) < 4.78 is 20.2. The minimum Gasteiger partial charge on any atom is -0.498 e. The van der Waals surface area contributed by atoms with Gasteiger partial charge in [0.1, 0.15) is 26.4 Å². The Morgan fingerprint density at radius 2 is 1.07 bits per heavy atom. The number of carbonyl (C=O) groups excluding carboxylic acids is 2. The zero-order valence-corrected chi connectivity index (χ0v) is 18.3. The quantitative estimate of drug-likeness (QED) is 0.1000. The summed E-state index contributed by atoms with van der Waals surface area (Å²) in [6.07, 6.45) is 23.5. The van der Waals surface area contributed by atoms with Gasteiger partial charge in [-0.25, -0.2) is 9.59 Å². The molecule has 0 N–H and O–H groups in total. The number of hydrogen-bond donors (Lipinski definition) is 0. The standard InChI is InChI=1S/C24H36O6/c1-3-5-7-9-11-13-17-27-19-21-29-23(25)15-16-24(26)30-22-20-28-18-14-12-10-8-6-4-2/h9-18H,3-8,19-22H2,1-2H3/b11-9?,12-10?,16-15-,17-13?,18-14?. The number of hydrogen-bond acceptors (Lipinski definition) is 6. The van der Waals surface area contributed by atoms with E-state index >= 15 is 0 Å². The molecule has 0 aromatic carbocycles. The van der Waals surface area contributed by atoms with E-state index in [1.165, 1.54) is 25.7 Å². The van der Waals surface area contributed by atoms with Gasteiger partial charge >= 0.3 is 11.9 Å². The molecule has 0 aliphatic heterocycles. The SMILES string of the molecule is CCCCC=CC=COCCOC(=O)/C=C\C(=O)OCCOC=CC=CCCCC. The molecule has 0 atom stereocenters. The van der Waals surface area contributed by atoms with Crippen LogP contribution in [0.1, 0.15) is 52.4 Å². The van der Waals surface area contributed by atoms with Gasteiger partial charge in [-0.2, -0.15) is 0 Å². The van der Waals surface area contributed by atoms with Crippen LogP contribution in [0, 0.1) is 0 Å². The molecule has 0 aliphatic carbocycles. The van der Waals surface area contributed by atoms with Crippen LogP contribution < -0.4 is 0 Å². The Morgan fingerprint density at radius 1 is 0.633 bits per heavy atom. The molecule has 0 unspecified atom stereocenters. The van der Waals surface area contributed by atoms with E-state index in [1.807, 2.05) is 12.2 Å². The summed E-state index contributed by atoms with van der Waals surface area (Å²) in [6.45, 7) is 4.96. The van der Waals surface area contributed by atoms with Gasteiger partial charge in [0.2, 0.25) is 0 Å². The molecule has 0 heterocycles. The van der Waals surface area contributed by atoms with Gasteiger partial charge in [0.05, 0.1) is 12.5 Å². The molecule has 6 nitrogen and oxygen atoms in total. The molecule has 0 rings (SSSR count). The second kappa shape index (κ2) is 22.5. The smallest absolute Gasteiger partial charge is 0.331 e. The molecule has 0 aromatic heterocycles. The molecule has 0 amide bonds. The van der Waals surface area contributed by atoms with Crippen molar-refractivity contribution in [3.63, 3.8) is 0 Å². The van der Waals surface area contributed by atoms with E-state index in [0.717, 1.165) is 25.0 Å². The van der Waals surface area contributed by atoms with E-state index in [0.29, 0.717) is 0 Å². The maximum atomic E-state index is 11.5. The highest BCUT2D eigenvalue weighted by Gasteiger charge is 2.00. The van der Waals surface area contributed by atoms with E-state index in [4.69, 9.17) is 18.9 Å². The fourth-order valence-corrected chi connectivity index (χ4v) is 1.94. The molecular formula is C24H36O6. The Kier molecular flexibility index (Phi) is 20.5. The van der Waals surface area contributed by atoms with Crippen molar-refractivity contribution in [1.82, 2.24) is 0 Å². The van der Waals surface area contributed by atoms with Gasteiger partial charge < -0.3 is 18.9 Å². The maximum absolute atomic E-state index is 11.5. The van der Waals surface area contributed by atoms with Crippen molar-refractivity contribution < 1.29 is 28.5 Å². The highest BCUT2D eigenvalue weighted by molar-refractivity contribution is 5.91. The normalized spacial score (nSPS) is 11.9. The molecule has 0 saturated carbocycles. The largest absolute Gasteiger partial charge is 0.498 e. The lowest BCUT2D eigenvalue weighted by molar-refractivity contribution is -0.141. The Morgan fingerprint density at radius 3 is 1.47 bits per heavy atom. The highest BCUT2D eigenvalue weighted by Crippen LogP contribution is 1.96. The average molecular weight is 421 g/mol. The topological polar surface area (TPSA) is 71.1 Å². The number of esters is 2. The van der Waals surface area contributed by atoms with Crippen LogP contribution in [0.4, 0.5) is 0 Å². The van der Waals surface area contributed by atoms with Crippen molar-refractivity contribution in [2.24, 2.45) is 0 Å². The predicted molar refractivity (Wildman–Crippen MR) is 119 cm³/mol. The van der Waals surface area contributed by atoms with Crippen molar-refractivity contribution in [2.75, 3.05) is 26.4 Å². The van der Waals surface area contributed by atoms with Gasteiger partial charge in [-0.1, -0.05) is 63.8 Å². The Labute approximate surface area is 180 Å². The summed E-state index contributed by atoms with van der Waals surface area (Å²) in [5.41, 5.74) is 0. The minimum atomic E-state index is -0.631. The first-order valence-electron chi connectivity index (χ1n) is 10.6. The molecule has 0 spiro atoms. The van der Waals surface area contributed by atoms with Crippen LogP contribution in [0.3, 0.4) is 0 Å². The molecule has 0 aromatic rings. The summed E-state index contributed by atoms with van der Waals surface area (Å²) in [5.74, 6) is -1.26. The summed E-state index contributed by atoms with van der Waals surface area (Å²) in [4.78, 5) is 23.0. The molecule has 0 saturated heterocycles. The number of rotatable bonds is 18. The third-order valence-corrected chi connectivity index (χ3v) is 3.54. The van der Waals surface area contributed by atoms with E-state index in [9.17, 15) is 9.59 Å². The summed E-state index contributed by atoms with van der Waals surface area (Å²) >= 11 is 0. The van der Waals surface area contributed by atoms with Crippen LogP contribution in [-0.4, -0.2) is 38.4 Å². The monoisotopic (exact) mass is 420 g/mol. The van der Waals surface area contributed by atoms with Gasteiger partial charge in [-0.15, -0.1) is 0 Å². The third-order valence-electron chi connectivity index (χ3n) is 3.54. The zero-order valence-electron chi connectivity index (χ0n) is 18.3. The van der Waals surface area contributed by atoms with Gasteiger partial charge in [0.25, 0.3) is 0 Å². The number of unbranched alkanes of at least 4 members (excludes halogenated alkanes) is 4. The maximum Gasteiger partial charge on any atom is 0.331 e. The Hall–Kier alpha value is -2.76. The summed E-state index contributed by atoms with van der Waals surface area (Å²) in [5, 5.41) is 0. The number of ether oxygens (including phenoxy) is 4. The van der Waals surface area contributed by atoms with Crippen LogP contribution in [0.15, 0.2) is 61.1 Å². The lowest BCUT2D eigenvalue weighted by Crippen LogP contribution is -2.09. The first-order valence-corrected chi connectivity index (χ1v) is 10.6. The van der Waals surface area contributed by atoms with Crippen LogP contribution in [-0.2, 0) is 28.5 Å². The molecule has 0 aliphatic rings. The van der Waals surface area contributed by atoms with Crippen LogP contribution in [0.2, 0.25) is 0 Å². The molecule has 6 heteroatoms. The number of carbonyl (C=O) groups is 2. The molecule has 0 bridgehead atoms. The fraction of sp³-hybridized carbons (Fsp3) is 0.500. The molecule has 168 valence electrons. The lowest BCUT2D eigenvalue weighted by atomic mass is 10.2. The van der Waals surface area contributed by atoms with Crippen molar-refractivity contribution in [1.29, 1.82) is 0 Å². The van der Waals surface area contributed by atoms with E-state index in [1.54, 1.807) is 24.7 Å². The van der Waals surface area contributed by atoms with E-state index in [-0.39, 0.29) is 26.4 Å². The first kappa shape index (κ1) is 27.2. The second-order valence-electron chi connectivity index (χ2n) is 6.21. The van der Waals surface area contributed by atoms with Gasteiger partial charge in [-0.3, -0.25) is 0 Å². The van der Waals surface area contributed by atoms with Gasteiger partial charge in [0, 0.05) is 12.2 Å². The molecular weight excluding hydrogens is 384 g/mol. The van der Waals surface area contributed by atoms with Gasteiger partial charge in [-0.05, 0) is 25.0 Å². The third kappa shape index (κ3) is 21.5. The Balaban J connectivity index is 3.66. The molecule has 0 fully saturated rings. The Bertz CT molecular complexity index is 522. The van der Waals surface area contributed by atoms with E-state index in [2.05, 4.69) is 26.0 Å². The first-order chi connectivity index (χ1) is 14.7. The summed E-state index contributed by atoms with van der Waals surface area (Å²) in [6, 6.07) is 0. The van der Waals surface area contributed by atoms with Crippen LogP contribution in [0.5, 0.6) is 0 Å². The van der Waals surface area contributed by atoms with Crippen LogP contribution in [0.25, 0.3) is 0 Å². The lowest BCUT2D eigenvalue weighted by Gasteiger charge is -2.02. The van der Waals surface area contributed by atoms with E-state index < -0.39 is 11.9 Å². The van der Waals surface area contributed by atoms with Crippen molar-refractivity contribution >= 4 is 11.9 Å². The second-order valence-corrected chi connectivity index (χ2v) is 6.21. The highest BCUT2D eigenvalue weighted by atomic mass is 16.6. The van der Waals surface area contributed by atoms with Crippen molar-refractivity contribution in [3.8, 4) is 0 Å².